The molecule has 4 nitrogen and oxygen atoms in total. The van der Waals surface area contributed by atoms with Crippen molar-refractivity contribution in [1.29, 1.82) is 0 Å². The Hall–Kier alpha value is -1.55. The van der Waals surface area contributed by atoms with Crippen LogP contribution in [0.3, 0.4) is 0 Å². The van der Waals surface area contributed by atoms with Crippen molar-refractivity contribution in [3.63, 3.8) is 0 Å². The summed E-state index contributed by atoms with van der Waals surface area (Å²) in [5, 5.41) is 2.79. The number of rotatable bonds is 6. The number of carbonyl (C=O) groups is 1. The van der Waals surface area contributed by atoms with E-state index < -0.39 is 0 Å². The standard InChI is InChI=1S/C14H20N2O2/c1-10-3-2-4-12(15)14(10)16-13(17)9-18-8-7-11-5-6-11/h2-4,11H,5-9,15H2,1H3,(H,16,17). The highest BCUT2D eigenvalue weighted by molar-refractivity contribution is 5.95. The highest BCUT2D eigenvalue weighted by atomic mass is 16.5. The molecule has 1 saturated carbocycles. The van der Waals surface area contributed by atoms with Gasteiger partial charge in [-0.1, -0.05) is 25.0 Å². The summed E-state index contributed by atoms with van der Waals surface area (Å²) < 4.78 is 5.35. The molecule has 2 rings (SSSR count). The van der Waals surface area contributed by atoms with Gasteiger partial charge in [-0.3, -0.25) is 4.79 Å². The van der Waals surface area contributed by atoms with Gasteiger partial charge in [-0.05, 0) is 30.9 Å². The molecule has 0 unspecified atom stereocenters. The van der Waals surface area contributed by atoms with Crippen molar-refractivity contribution < 1.29 is 9.53 Å². The smallest absolute Gasteiger partial charge is 0.250 e. The molecular formula is C14H20N2O2. The van der Waals surface area contributed by atoms with E-state index in [0.717, 1.165) is 17.9 Å². The number of nitrogens with one attached hydrogen (secondary N) is 1. The molecule has 1 aliphatic carbocycles. The van der Waals surface area contributed by atoms with Crippen molar-refractivity contribution in [2.24, 2.45) is 5.92 Å². The molecule has 0 aromatic heterocycles. The van der Waals surface area contributed by atoms with Crippen LogP contribution in [-0.4, -0.2) is 19.1 Å². The number of amides is 1. The second-order valence-corrected chi connectivity index (χ2v) is 4.87. The van der Waals surface area contributed by atoms with Crippen LogP contribution in [0.4, 0.5) is 11.4 Å². The van der Waals surface area contributed by atoms with Crippen LogP contribution in [0.15, 0.2) is 18.2 Å². The van der Waals surface area contributed by atoms with Crippen LogP contribution < -0.4 is 11.1 Å². The van der Waals surface area contributed by atoms with E-state index >= 15 is 0 Å². The number of hydrogen-bond acceptors (Lipinski definition) is 3. The predicted molar refractivity (Wildman–Crippen MR) is 72.4 cm³/mol. The minimum atomic E-state index is -0.146. The van der Waals surface area contributed by atoms with Crippen LogP contribution in [0.25, 0.3) is 0 Å². The minimum absolute atomic E-state index is 0.0977. The Morgan fingerprint density at radius 1 is 1.50 bits per heavy atom. The van der Waals surface area contributed by atoms with Crippen molar-refractivity contribution in [2.75, 3.05) is 24.3 Å². The van der Waals surface area contributed by atoms with Crippen molar-refractivity contribution in [3.8, 4) is 0 Å². The van der Waals surface area contributed by atoms with Crippen molar-refractivity contribution in [1.82, 2.24) is 0 Å². The molecule has 0 saturated heterocycles. The zero-order valence-electron chi connectivity index (χ0n) is 10.7. The fourth-order valence-corrected chi connectivity index (χ4v) is 1.86. The zero-order valence-corrected chi connectivity index (χ0v) is 10.7. The van der Waals surface area contributed by atoms with E-state index in [-0.39, 0.29) is 12.5 Å². The topological polar surface area (TPSA) is 64.3 Å². The summed E-state index contributed by atoms with van der Waals surface area (Å²) in [5.74, 6) is 0.687. The van der Waals surface area contributed by atoms with E-state index in [1.807, 2.05) is 19.1 Å². The number of ether oxygens (including phenoxy) is 1. The zero-order chi connectivity index (χ0) is 13.0. The Morgan fingerprint density at radius 3 is 2.94 bits per heavy atom. The Morgan fingerprint density at radius 2 is 2.28 bits per heavy atom. The van der Waals surface area contributed by atoms with E-state index in [1.165, 1.54) is 12.8 Å². The second-order valence-electron chi connectivity index (χ2n) is 4.87. The summed E-state index contributed by atoms with van der Waals surface area (Å²) in [5.41, 5.74) is 8.05. The molecule has 1 aromatic rings. The van der Waals surface area contributed by atoms with Crippen molar-refractivity contribution in [2.45, 2.75) is 26.2 Å². The van der Waals surface area contributed by atoms with Crippen LogP contribution in [0.1, 0.15) is 24.8 Å². The van der Waals surface area contributed by atoms with Crippen LogP contribution in [-0.2, 0) is 9.53 Å². The third kappa shape index (κ3) is 3.74. The maximum absolute atomic E-state index is 11.7. The summed E-state index contributed by atoms with van der Waals surface area (Å²) in [6.45, 7) is 2.68. The van der Waals surface area contributed by atoms with Gasteiger partial charge in [0.2, 0.25) is 5.91 Å². The molecule has 18 heavy (non-hydrogen) atoms. The van der Waals surface area contributed by atoms with Gasteiger partial charge in [-0.15, -0.1) is 0 Å². The van der Waals surface area contributed by atoms with Gasteiger partial charge in [0.1, 0.15) is 6.61 Å². The highest BCUT2D eigenvalue weighted by Gasteiger charge is 2.20. The lowest BCUT2D eigenvalue weighted by Crippen LogP contribution is -2.20. The molecule has 1 aromatic carbocycles. The average Bonchev–Trinajstić information content (AvgIpc) is 3.14. The van der Waals surface area contributed by atoms with Crippen LogP contribution in [0.5, 0.6) is 0 Å². The molecule has 1 fully saturated rings. The number of benzene rings is 1. The lowest BCUT2D eigenvalue weighted by molar-refractivity contribution is -0.120. The quantitative estimate of drug-likeness (QED) is 0.600. The Labute approximate surface area is 108 Å². The van der Waals surface area contributed by atoms with Crippen LogP contribution in [0, 0.1) is 12.8 Å². The molecule has 1 aliphatic rings. The highest BCUT2D eigenvalue weighted by Crippen LogP contribution is 2.32. The van der Waals surface area contributed by atoms with Gasteiger partial charge in [0.15, 0.2) is 0 Å². The van der Waals surface area contributed by atoms with Crippen LogP contribution in [0.2, 0.25) is 0 Å². The molecule has 4 heteroatoms. The van der Waals surface area contributed by atoms with Gasteiger partial charge < -0.3 is 15.8 Å². The molecule has 0 spiro atoms. The minimum Gasteiger partial charge on any atom is -0.397 e. The van der Waals surface area contributed by atoms with Gasteiger partial charge >= 0.3 is 0 Å². The molecule has 3 N–H and O–H groups in total. The summed E-state index contributed by atoms with van der Waals surface area (Å²) >= 11 is 0. The van der Waals surface area contributed by atoms with Gasteiger partial charge in [0.05, 0.1) is 11.4 Å². The first-order valence-corrected chi connectivity index (χ1v) is 6.39. The lowest BCUT2D eigenvalue weighted by atomic mass is 10.1. The number of para-hydroxylation sites is 1. The fourth-order valence-electron chi connectivity index (χ4n) is 1.86. The first-order valence-electron chi connectivity index (χ1n) is 6.39. The Kier molecular flexibility index (Phi) is 4.20. The summed E-state index contributed by atoms with van der Waals surface area (Å²) in [4.78, 5) is 11.7. The van der Waals surface area contributed by atoms with Gasteiger partial charge in [-0.2, -0.15) is 0 Å². The number of nitrogen functional groups attached to an aromatic ring is 1. The molecular weight excluding hydrogens is 228 g/mol. The summed E-state index contributed by atoms with van der Waals surface area (Å²) in [7, 11) is 0. The van der Waals surface area contributed by atoms with Crippen molar-refractivity contribution >= 4 is 17.3 Å². The number of anilines is 2. The first kappa shape index (κ1) is 12.9. The monoisotopic (exact) mass is 248 g/mol. The number of nitrogens with two attached hydrogens (primary N) is 1. The van der Waals surface area contributed by atoms with Crippen LogP contribution >= 0.6 is 0 Å². The van der Waals surface area contributed by atoms with E-state index in [4.69, 9.17) is 10.5 Å². The SMILES string of the molecule is Cc1cccc(N)c1NC(=O)COCCC1CC1. The van der Waals surface area contributed by atoms with E-state index in [9.17, 15) is 4.79 Å². The maximum Gasteiger partial charge on any atom is 0.250 e. The van der Waals surface area contributed by atoms with Gasteiger partial charge in [0, 0.05) is 6.61 Å². The summed E-state index contributed by atoms with van der Waals surface area (Å²) in [6.07, 6.45) is 3.70. The molecule has 0 heterocycles. The number of aryl methyl sites for hydroxylation is 1. The predicted octanol–water partition coefficient (Wildman–Crippen LogP) is 2.33. The van der Waals surface area contributed by atoms with Gasteiger partial charge in [0.25, 0.3) is 0 Å². The number of carbonyl (C=O) groups excluding carboxylic acids is 1. The van der Waals surface area contributed by atoms with E-state index in [0.29, 0.717) is 18.0 Å². The van der Waals surface area contributed by atoms with Gasteiger partial charge in [-0.25, -0.2) is 0 Å². The van der Waals surface area contributed by atoms with E-state index in [2.05, 4.69) is 5.32 Å². The third-order valence-electron chi connectivity index (χ3n) is 3.17. The Balaban J connectivity index is 1.75. The third-order valence-corrected chi connectivity index (χ3v) is 3.17. The Bertz CT molecular complexity index is 408. The van der Waals surface area contributed by atoms with E-state index in [1.54, 1.807) is 6.07 Å². The molecule has 0 bridgehead atoms. The maximum atomic E-state index is 11.7. The second kappa shape index (κ2) is 5.87. The van der Waals surface area contributed by atoms with Crippen molar-refractivity contribution in [3.05, 3.63) is 23.8 Å². The largest absolute Gasteiger partial charge is 0.397 e. The molecule has 0 aliphatic heterocycles. The average molecular weight is 248 g/mol. The first-order chi connectivity index (χ1) is 8.66. The molecule has 1 amide bonds. The normalized spacial score (nSPS) is 14.5. The lowest BCUT2D eigenvalue weighted by Gasteiger charge is -2.11. The summed E-state index contributed by atoms with van der Waals surface area (Å²) in [6, 6.07) is 5.56. The molecule has 0 radical (unpaired) electrons. The molecule has 98 valence electrons. The fraction of sp³-hybridized carbons (Fsp3) is 0.500. The number of hydrogen-bond donors (Lipinski definition) is 2. The molecule has 0 atom stereocenters.